The van der Waals surface area contributed by atoms with Crippen LogP contribution in [-0.2, 0) is 26.1 Å². The number of aliphatic carboxylic acids is 2. The molecule has 6 nitrogen and oxygen atoms in total. The third-order valence-corrected chi connectivity index (χ3v) is 5.12. The largest absolute Gasteiger partial charge is 2.00 e. The fraction of sp³-hybridized carbons (Fsp3) is 0.917. The maximum Gasteiger partial charge on any atom is 2.00 e. The second-order valence-corrected chi connectivity index (χ2v) is 8.38. The van der Waals surface area contributed by atoms with Crippen LogP contribution in [0, 0.1) is 11.8 Å². The van der Waals surface area contributed by atoms with E-state index in [1.165, 1.54) is 64.2 Å². The number of carbonyl (C=O) groups excluding carboxylic acids is 2. The first-order chi connectivity index (χ1) is 14.4. The van der Waals surface area contributed by atoms with Gasteiger partial charge in [0.25, 0.3) is 0 Å². The molecule has 0 aliphatic rings. The number of carboxylic acid groups (broad SMARTS) is 2. The standard InChI is InChI=1S/2C12H25NO2.Ni/c2*1-3-4-5-6-7-8-9-13-10-11(2)12(14)15;/h2*11,13H,3-10H2,1-2H3,(H,14,15);/q;;+2/p-2. The van der Waals surface area contributed by atoms with Crippen LogP contribution in [0.4, 0.5) is 0 Å². The Morgan fingerprint density at radius 1 is 0.613 bits per heavy atom. The second kappa shape index (κ2) is 27.4. The van der Waals surface area contributed by atoms with Crippen LogP contribution in [0.5, 0.6) is 0 Å². The molecule has 0 amide bonds. The van der Waals surface area contributed by atoms with Crippen molar-refractivity contribution in [3.05, 3.63) is 0 Å². The molecule has 0 fully saturated rings. The third-order valence-electron chi connectivity index (χ3n) is 5.12. The van der Waals surface area contributed by atoms with E-state index in [0.29, 0.717) is 13.1 Å². The molecule has 0 aromatic rings. The maximum absolute atomic E-state index is 10.4. The summed E-state index contributed by atoms with van der Waals surface area (Å²) in [5.74, 6) is -2.70. The topological polar surface area (TPSA) is 104 Å². The Hall–Kier alpha value is -0.646. The minimum Gasteiger partial charge on any atom is -0.550 e. The maximum atomic E-state index is 10.4. The molecule has 188 valence electrons. The minimum absolute atomic E-state index is 0. The van der Waals surface area contributed by atoms with Gasteiger partial charge in [-0.05, 0) is 25.9 Å². The van der Waals surface area contributed by atoms with Gasteiger partial charge in [-0.25, -0.2) is 0 Å². The Balaban J connectivity index is -0.000000490. The Morgan fingerprint density at radius 3 is 1.19 bits per heavy atom. The van der Waals surface area contributed by atoms with E-state index in [1.807, 2.05) is 0 Å². The summed E-state index contributed by atoms with van der Waals surface area (Å²) in [6.07, 6.45) is 15.2. The van der Waals surface area contributed by atoms with Gasteiger partial charge in [-0.15, -0.1) is 0 Å². The molecule has 2 N–H and O–H groups in total. The van der Waals surface area contributed by atoms with E-state index in [-0.39, 0.29) is 28.3 Å². The van der Waals surface area contributed by atoms with E-state index in [9.17, 15) is 19.8 Å². The molecule has 31 heavy (non-hydrogen) atoms. The molecule has 0 aliphatic heterocycles. The fourth-order valence-corrected chi connectivity index (χ4v) is 2.86. The van der Waals surface area contributed by atoms with Crippen molar-refractivity contribution < 1.29 is 36.3 Å². The number of carbonyl (C=O) groups is 2. The van der Waals surface area contributed by atoms with Crippen LogP contribution in [0.2, 0.25) is 0 Å². The molecule has 0 spiro atoms. The van der Waals surface area contributed by atoms with Gasteiger partial charge in [0, 0.05) is 36.9 Å². The molecule has 0 aromatic heterocycles. The first-order valence-corrected chi connectivity index (χ1v) is 12.2. The molecule has 0 aromatic carbocycles. The quantitative estimate of drug-likeness (QED) is 0.202. The molecule has 0 radical (unpaired) electrons. The van der Waals surface area contributed by atoms with Gasteiger partial charge in [-0.3, -0.25) is 0 Å². The number of hydrogen-bond acceptors (Lipinski definition) is 6. The van der Waals surface area contributed by atoms with Crippen LogP contribution in [-0.4, -0.2) is 38.1 Å². The smallest absolute Gasteiger partial charge is 0.550 e. The predicted octanol–water partition coefficient (Wildman–Crippen LogP) is 2.64. The van der Waals surface area contributed by atoms with Gasteiger partial charge in [0.1, 0.15) is 0 Å². The predicted molar refractivity (Wildman–Crippen MR) is 121 cm³/mol. The van der Waals surface area contributed by atoms with E-state index in [0.717, 1.165) is 25.9 Å². The summed E-state index contributed by atoms with van der Waals surface area (Å²) in [5.41, 5.74) is 0. The summed E-state index contributed by atoms with van der Waals surface area (Å²) < 4.78 is 0. The molecule has 2 atom stereocenters. The first-order valence-electron chi connectivity index (χ1n) is 12.2. The second-order valence-electron chi connectivity index (χ2n) is 8.38. The van der Waals surface area contributed by atoms with Gasteiger partial charge in [0.2, 0.25) is 0 Å². The van der Waals surface area contributed by atoms with E-state index in [4.69, 9.17) is 0 Å². The Morgan fingerprint density at radius 2 is 0.903 bits per heavy atom. The van der Waals surface area contributed by atoms with Crippen LogP contribution in [0.25, 0.3) is 0 Å². The number of carboxylic acids is 2. The van der Waals surface area contributed by atoms with Gasteiger partial charge in [0.15, 0.2) is 0 Å². The summed E-state index contributed by atoms with van der Waals surface area (Å²) in [7, 11) is 0. The van der Waals surface area contributed by atoms with Crippen molar-refractivity contribution in [2.45, 2.75) is 105 Å². The number of rotatable bonds is 20. The van der Waals surface area contributed by atoms with Gasteiger partial charge in [-0.2, -0.15) is 0 Å². The van der Waals surface area contributed by atoms with E-state index in [2.05, 4.69) is 24.5 Å². The van der Waals surface area contributed by atoms with Crippen molar-refractivity contribution >= 4 is 11.9 Å². The summed E-state index contributed by atoms with van der Waals surface area (Å²) >= 11 is 0. The van der Waals surface area contributed by atoms with Crippen LogP contribution in [0.15, 0.2) is 0 Å². The van der Waals surface area contributed by atoms with Gasteiger partial charge >= 0.3 is 16.5 Å². The molecule has 0 heterocycles. The summed E-state index contributed by atoms with van der Waals surface area (Å²) in [4.78, 5) is 20.8. The molecular weight excluding hydrogens is 439 g/mol. The number of unbranched alkanes of at least 4 members (excludes halogenated alkanes) is 10. The summed E-state index contributed by atoms with van der Waals surface area (Å²) in [6.45, 7) is 10.7. The van der Waals surface area contributed by atoms with Gasteiger partial charge in [0.05, 0.1) is 0 Å². The van der Waals surface area contributed by atoms with Crippen LogP contribution in [0.1, 0.15) is 105 Å². The van der Waals surface area contributed by atoms with Crippen LogP contribution in [0.3, 0.4) is 0 Å². The molecular formula is C24H48N2NiO4. The Bertz CT molecular complexity index is 362. The van der Waals surface area contributed by atoms with Crippen molar-refractivity contribution in [3.8, 4) is 0 Å². The number of nitrogens with one attached hydrogen (secondary N) is 2. The Labute approximate surface area is 201 Å². The molecule has 0 bridgehead atoms. The zero-order valence-corrected chi connectivity index (χ0v) is 21.4. The molecule has 0 saturated heterocycles. The molecule has 0 saturated carbocycles. The molecule has 2 unspecified atom stereocenters. The molecule has 0 aliphatic carbocycles. The van der Waals surface area contributed by atoms with Crippen molar-refractivity contribution in [3.63, 3.8) is 0 Å². The summed E-state index contributed by atoms with van der Waals surface area (Å²) in [5, 5.41) is 27.0. The van der Waals surface area contributed by atoms with Crippen LogP contribution >= 0.6 is 0 Å². The number of hydrogen-bond donors (Lipinski definition) is 2. The van der Waals surface area contributed by atoms with Gasteiger partial charge < -0.3 is 30.4 Å². The fourth-order valence-electron chi connectivity index (χ4n) is 2.86. The molecule has 7 heteroatoms. The van der Waals surface area contributed by atoms with Crippen LogP contribution < -0.4 is 20.8 Å². The third kappa shape index (κ3) is 29.4. The van der Waals surface area contributed by atoms with E-state index < -0.39 is 11.9 Å². The Kier molecular flexibility index (Phi) is 30.9. The van der Waals surface area contributed by atoms with Crippen molar-refractivity contribution in [2.24, 2.45) is 11.8 Å². The average Bonchev–Trinajstić information content (AvgIpc) is 2.71. The van der Waals surface area contributed by atoms with E-state index >= 15 is 0 Å². The van der Waals surface area contributed by atoms with E-state index in [1.54, 1.807) is 13.8 Å². The zero-order valence-electron chi connectivity index (χ0n) is 20.4. The van der Waals surface area contributed by atoms with Crippen molar-refractivity contribution in [1.82, 2.24) is 10.6 Å². The van der Waals surface area contributed by atoms with Gasteiger partial charge in [-0.1, -0.05) is 91.9 Å². The zero-order chi connectivity index (χ0) is 23.0. The first kappa shape index (κ1) is 35.0. The molecule has 0 rings (SSSR count). The SMILES string of the molecule is CCCCCCCCNCC(C)C(=O)[O-].CCCCCCCCNCC(C)C(=O)[O-].[Ni+2]. The summed E-state index contributed by atoms with van der Waals surface area (Å²) in [6, 6.07) is 0. The van der Waals surface area contributed by atoms with Crippen molar-refractivity contribution in [1.29, 1.82) is 0 Å². The minimum atomic E-state index is -0.967. The average molecular weight is 487 g/mol. The monoisotopic (exact) mass is 486 g/mol. The van der Waals surface area contributed by atoms with Crippen molar-refractivity contribution in [2.75, 3.05) is 26.2 Å². The normalized spacial score (nSPS) is 12.3.